The lowest BCUT2D eigenvalue weighted by molar-refractivity contribution is -0.158. The minimum Gasteiger partial charge on any atom is -0.386 e. The Kier molecular flexibility index (Phi) is 3.88. The Bertz CT molecular complexity index is 287. The SMILES string of the molecule is CCCC1(O)CN(C(=O)C(N)CC(N)=O)C1. The molecule has 0 saturated carbocycles. The molecule has 92 valence electrons. The fourth-order valence-electron chi connectivity index (χ4n) is 1.98. The maximum absolute atomic E-state index is 11.6. The summed E-state index contributed by atoms with van der Waals surface area (Å²) in [5.41, 5.74) is 9.70. The van der Waals surface area contributed by atoms with E-state index in [9.17, 15) is 14.7 Å². The second kappa shape index (κ2) is 4.80. The molecular formula is C10H19N3O3. The van der Waals surface area contributed by atoms with E-state index in [4.69, 9.17) is 11.5 Å². The molecule has 5 N–H and O–H groups in total. The summed E-state index contributed by atoms with van der Waals surface area (Å²) >= 11 is 0. The van der Waals surface area contributed by atoms with Crippen molar-refractivity contribution < 1.29 is 14.7 Å². The molecule has 0 aromatic rings. The maximum Gasteiger partial charge on any atom is 0.240 e. The van der Waals surface area contributed by atoms with E-state index >= 15 is 0 Å². The normalized spacial score (nSPS) is 20.1. The number of carbonyl (C=O) groups is 2. The summed E-state index contributed by atoms with van der Waals surface area (Å²) in [5.74, 6) is -0.912. The van der Waals surface area contributed by atoms with Crippen LogP contribution in [0.3, 0.4) is 0 Å². The number of nitrogens with zero attached hydrogens (tertiary/aromatic N) is 1. The first-order valence-corrected chi connectivity index (χ1v) is 5.43. The highest BCUT2D eigenvalue weighted by molar-refractivity contribution is 5.88. The molecule has 1 aliphatic heterocycles. The number of primary amides is 1. The highest BCUT2D eigenvalue weighted by Gasteiger charge is 2.43. The lowest BCUT2D eigenvalue weighted by Gasteiger charge is -2.47. The molecule has 1 heterocycles. The lowest BCUT2D eigenvalue weighted by Crippen LogP contribution is -2.66. The fourth-order valence-corrected chi connectivity index (χ4v) is 1.98. The van der Waals surface area contributed by atoms with E-state index in [0.29, 0.717) is 19.5 Å². The van der Waals surface area contributed by atoms with E-state index in [2.05, 4.69) is 0 Å². The van der Waals surface area contributed by atoms with E-state index < -0.39 is 17.6 Å². The van der Waals surface area contributed by atoms with Crippen LogP contribution in [0.15, 0.2) is 0 Å². The summed E-state index contributed by atoms with van der Waals surface area (Å²) in [6.45, 7) is 2.57. The zero-order valence-electron chi connectivity index (χ0n) is 9.48. The van der Waals surface area contributed by atoms with Gasteiger partial charge in [0.15, 0.2) is 0 Å². The molecule has 0 bridgehead atoms. The van der Waals surface area contributed by atoms with Crippen LogP contribution in [0.5, 0.6) is 0 Å². The van der Waals surface area contributed by atoms with Crippen molar-refractivity contribution in [2.45, 2.75) is 37.8 Å². The Morgan fingerprint density at radius 2 is 2.06 bits per heavy atom. The Hall–Kier alpha value is -1.14. The molecule has 1 rings (SSSR count). The van der Waals surface area contributed by atoms with Gasteiger partial charge in [-0.25, -0.2) is 0 Å². The van der Waals surface area contributed by atoms with Gasteiger partial charge in [0, 0.05) is 0 Å². The summed E-state index contributed by atoms with van der Waals surface area (Å²) in [6, 6.07) is -0.885. The number of hydrogen-bond donors (Lipinski definition) is 3. The van der Waals surface area contributed by atoms with Crippen LogP contribution in [0.1, 0.15) is 26.2 Å². The fraction of sp³-hybridized carbons (Fsp3) is 0.800. The van der Waals surface area contributed by atoms with Gasteiger partial charge < -0.3 is 21.5 Å². The van der Waals surface area contributed by atoms with Crippen molar-refractivity contribution in [3.63, 3.8) is 0 Å². The predicted molar refractivity (Wildman–Crippen MR) is 58.2 cm³/mol. The molecule has 1 saturated heterocycles. The molecule has 0 spiro atoms. The quantitative estimate of drug-likeness (QED) is 0.536. The van der Waals surface area contributed by atoms with Crippen LogP contribution in [0.25, 0.3) is 0 Å². The van der Waals surface area contributed by atoms with Gasteiger partial charge in [-0.1, -0.05) is 13.3 Å². The molecule has 0 radical (unpaired) electrons. The molecule has 1 aliphatic rings. The largest absolute Gasteiger partial charge is 0.386 e. The standard InChI is InChI=1S/C10H19N3O3/c1-2-3-10(16)5-13(6-10)9(15)7(11)4-8(12)14/h7,16H,2-6,11H2,1H3,(H2,12,14). The van der Waals surface area contributed by atoms with Crippen molar-refractivity contribution in [3.8, 4) is 0 Å². The Labute approximate surface area is 94.6 Å². The molecular weight excluding hydrogens is 210 g/mol. The number of aliphatic hydroxyl groups is 1. The highest BCUT2D eigenvalue weighted by Crippen LogP contribution is 2.26. The van der Waals surface area contributed by atoms with Crippen molar-refractivity contribution in [1.82, 2.24) is 4.90 Å². The van der Waals surface area contributed by atoms with E-state index in [1.807, 2.05) is 6.92 Å². The summed E-state index contributed by atoms with van der Waals surface area (Å²) in [6.07, 6.45) is 1.38. The van der Waals surface area contributed by atoms with E-state index in [0.717, 1.165) is 6.42 Å². The average molecular weight is 229 g/mol. The third-order valence-electron chi connectivity index (χ3n) is 2.74. The van der Waals surface area contributed by atoms with Crippen LogP contribution in [-0.4, -0.2) is 46.6 Å². The Morgan fingerprint density at radius 3 is 2.50 bits per heavy atom. The van der Waals surface area contributed by atoms with Crippen LogP contribution in [0.4, 0.5) is 0 Å². The van der Waals surface area contributed by atoms with Gasteiger partial charge in [-0.15, -0.1) is 0 Å². The topological polar surface area (TPSA) is 110 Å². The first kappa shape index (κ1) is 12.9. The minimum absolute atomic E-state index is 0.151. The second-order valence-electron chi connectivity index (χ2n) is 4.45. The summed E-state index contributed by atoms with van der Waals surface area (Å²) in [5, 5.41) is 9.87. The van der Waals surface area contributed by atoms with Gasteiger partial charge in [-0.2, -0.15) is 0 Å². The van der Waals surface area contributed by atoms with Gasteiger partial charge in [0.1, 0.15) is 0 Å². The third-order valence-corrected chi connectivity index (χ3v) is 2.74. The molecule has 6 heteroatoms. The molecule has 1 unspecified atom stereocenters. The van der Waals surface area contributed by atoms with Crippen molar-refractivity contribution in [2.75, 3.05) is 13.1 Å². The molecule has 2 amide bonds. The number of carbonyl (C=O) groups excluding carboxylic acids is 2. The van der Waals surface area contributed by atoms with E-state index in [-0.39, 0.29) is 12.3 Å². The van der Waals surface area contributed by atoms with Crippen LogP contribution in [0.2, 0.25) is 0 Å². The van der Waals surface area contributed by atoms with Gasteiger partial charge in [0.25, 0.3) is 0 Å². The van der Waals surface area contributed by atoms with E-state index in [1.54, 1.807) is 0 Å². The number of rotatable bonds is 5. The number of nitrogens with two attached hydrogens (primary N) is 2. The molecule has 1 atom stereocenters. The van der Waals surface area contributed by atoms with E-state index in [1.165, 1.54) is 4.90 Å². The van der Waals surface area contributed by atoms with Crippen molar-refractivity contribution in [3.05, 3.63) is 0 Å². The van der Waals surface area contributed by atoms with Crippen LogP contribution in [0, 0.1) is 0 Å². The highest BCUT2D eigenvalue weighted by atomic mass is 16.3. The molecule has 0 aromatic carbocycles. The second-order valence-corrected chi connectivity index (χ2v) is 4.45. The zero-order chi connectivity index (χ0) is 12.3. The number of hydrogen-bond acceptors (Lipinski definition) is 4. The summed E-state index contributed by atoms with van der Waals surface area (Å²) in [7, 11) is 0. The number of likely N-dealkylation sites (tertiary alicyclic amines) is 1. The first-order chi connectivity index (χ1) is 7.38. The molecule has 6 nitrogen and oxygen atoms in total. The predicted octanol–water partition coefficient (Wildman–Crippen LogP) is -1.44. The van der Waals surface area contributed by atoms with Crippen LogP contribution < -0.4 is 11.5 Å². The maximum atomic E-state index is 11.6. The number of amides is 2. The monoisotopic (exact) mass is 229 g/mol. The molecule has 0 aliphatic carbocycles. The summed E-state index contributed by atoms with van der Waals surface area (Å²) in [4.78, 5) is 23.7. The molecule has 16 heavy (non-hydrogen) atoms. The van der Waals surface area contributed by atoms with Gasteiger partial charge in [-0.05, 0) is 6.42 Å². The summed E-state index contributed by atoms with van der Waals surface area (Å²) < 4.78 is 0. The van der Waals surface area contributed by atoms with Crippen LogP contribution >= 0.6 is 0 Å². The molecule has 1 fully saturated rings. The lowest BCUT2D eigenvalue weighted by atomic mass is 9.88. The van der Waals surface area contributed by atoms with Crippen LogP contribution in [-0.2, 0) is 9.59 Å². The number of β-amino-alcohol motifs (C(OH)–C–C–N with tert-alkyl or cyclic N) is 1. The third kappa shape index (κ3) is 2.93. The molecule has 0 aromatic heterocycles. The smallest absolute Gasteiger partial charge is 0.240 e. The van der Waals surface area contributed by atoms with Gasteiger partial charge in [0.2, 0.25) is 11.8 Å². The van der Waals surface area contributed by atoms with Gasteiger partial charge in [-0.3, -0.25) is 9.59 Å². The van der Waals surface area contributed by atoms with Crippen molar-refractivity contribution in [2.24, 2.45) is 11.5 Å². The van der Waals surface area contributed by atoms with Gasteiger partial charge >= 0.3 is 0 Å². The Morgan fingerprint density at radius 1 is 1.50 bits per heavy atom. The van der Waals surface area contributed by atoms with Gasteiger partial charge in [0.05, 0.1) is 31.2 Å². The minimum atomic E-state index is -0.885. The Balaban J connectivity index is 2.39. The van der Waals surface area contributed by atoms with Crippen molar-refractivity contribution >= 4 is 11.8 Å². The zero-order valence-corrected chi connectivity index (χ0v) is 9.48. The average Bonchev–Trinajstić information content (AvgIpc) is 2.12. The first-order valence-electron chi connectivity index (χ1n) is 5.43. The van der Waals surface area contributed by atoms with Crippen molar-refractivity contribution in [1.29, 1.82) is 0 Å².